The van der Waals surface area contributed by atoms with Gasteiger partial charge < -0.3 is 4.48 Å². The molecule has 0 spiro atoms. The van der Waals surface area contributed by atoms with Crippen LogP contribution >= 0.6 is 0 Å². The van der Waals surface area contributed by atoms with Gasteiger partial charge in [-0.3, -0.25) is 0 Å². The minimum Gasteiger partial charge on any atom is -0.320 e. The lowest BCUT2D eigenvalue weighted by Crippen LogP contribution is -2.60. The monoisotopic (exact) mass is 228 g/mol. The van der Waals surface area contributed by atoms with Gasteiger partial charge in [0.2, 0.25) is 0 Å². The molecule has 0 bridgehead atoms. The van der Waals surface area contributed by atoms with Crippen LogP contribution in [0.25, 0.3) is 0 Å². The van der Waals surface area contributed by atoms with Gasteiger partial charge in [0, 0.05) is 12.0 Å². The first kappa shape index (κ1) is 13.2. The van der Waals surface area contributed by atoms with E-state index in [0.29, 0.717) is 5.54 Å². The van der Waals surface area contributed by atoms with Crippen LogP contribution in [0, 0.1) is 0 Å². The average molecular weight is 228 g/mol. The van der Waals surface area contributed by atoms with E-state index in [1.807, 2.05) is 0 Å². The predicted molar refractivity (Wildman–Crippen MR) is 72.0 cm³/mol. The van der Waals surface area contributed by atoms with Gasteiger partial charge in [-0.15, -0.1) is 0 Å². The molecule has 1 unspecified atom stereocenters. The Balaban J connectivity index is 3.03. The molecule has 0 aromatic carbocycles. The molecule has 1 nitrogen and oxygen atoms in total. The Hall–Kier alpha value is 0.177. The largest absolute Gasteiger partial charge is 0.320 e. The van der Waals surface area contributed by atoms with E-state index >= 15 is 0 Å². The summed E-state index contributed by atoms with van der Waals surface area (Å²) in [6.45, 7) is 21.5. The Labute approximate surface area is 97.5 Å². The van der Waals surface area contributed by atoms with E-state index < -0.39 is 8.07 Å². The van der Waals surface area contributed by atoms with Crippen LogP contribution < -0.4 is 0 Å². The molecule has 0 aromatic heterocycles. The maximum atomic E-state index is 2.55. The van der Waals surface area contributed by atoms with Gasteiger partial charge in [-0.1, -0.05) is 19.6 Å². The number of nitrogens with zero attached hydrogens (tertiary/aromatic N) is 1. The highest BCUT2D eigenvalue weighted by Gasteiger charge is 2.56. The minimum absolute atomic E-state index is 0.508. The Morgan fingerprint density at radius 2 is 1.60 bits per heavy atom. The quantitative estimate of drug-likeness (QED) is 0.510. The molecule has 0 radical (unpaired) electrons. The zero-order chi connectivity index (χ0) is 11.9. The topological polar surface area (TPSA) is 0 Å². The van der Waals surface area contributed by atoms with Crippen molar-refractivity contribution in [3.63, 3.8) is 0 Å². The van der Waals surface area contributed by atoms with Crippen LogP contribution in [-0.2, 0) is 0 Å². The standard InChI is InChI=1S/C13H30NSi/c1-8-14(9-2)11-10-12(13(14,3)4)15(5,6)7/h12H,8-11H2,1-7H3/q+1. The van der Waals surface area contributed by atoms with Gasteiger partial charge >= 0.3 is 0 Å². The molecule has 1 saturated heterocycles. The average Bonchev–Trinajstić information content (AvgIpc) is 2.36. The summed E-state index contributed by atoms with van der Waals surface area (Å²) in [5.74, 6) is 0. The second-order valence-corrected chi connectivity index (χ2v) is 12.3. The summed E-state index contributed by atoms with van der Waals surface area (Å²) < 4.78 is 1.35. The fourth-order valence-electron chi connectivity index (χ4n) is 4.20. The fraction of sp³-hybridized carbons (Fsp3) is 1.00. The lowest BCUT2D eigenvalue weighted by Gasteiger charge is -2.48. The molecule has 0 aliphatic carbocycles. The highest BCUT2D eigenvalue weighted by Crippen LogP contribution is 2.49. The molecular formula is C13H30NSi+. The summed E-state index contributed by atoms with van der Waals surface area (Å²) in [7, 11) is -0.997. The first-order valence-corrected chi connectivity index (χ1v) is 10.1. The summed E-state index contributed by atoms with van der Waals surface area (Å²) >= 11 is 0. The first-order valence-electron chi connectivity index (χ1n) is 6.57. The van der Waals surface area contributed by atoms with Crippen LogP contribution in [0.3, 0.4) is 0 Å². The van der Waals surface area contributed by atoms with Crippen LogP contribution in [0.5, 0.6) is 0 Å². The summed E-state index contributed by atoms with van der Waals surface area (Å²) in [6, 6.07) is 0. The van der Waals surface area contributed by atoms with Crippen molar-refractivity contribution in [3.05, 3.63) is 0 Å². The van der Waals surface area contributed by atoms with Crippen molar-refractivity contribution in [2.24, 2.45) is 0 Å². The number of quaternary nitrogens is 1. The Kier molecular flexibility index (Phi) is 3.43. The van der Waals surface area contributed by atoms with Crippen molar-refractivity contribution in [1.29, 1.82) is 0 Å². The van der Waals surface area contributed by atoms with E-state index in [0.717, 1.165) is 5.54 Å². The van der Waals surface area contributed by atoms with Crippen molar-refractivity contribution in [2.45, 2.75) is 64.8 Å². The number of hydrogen-bond acceptors (Lipinski definition) is 0. The molecule has 2 heteroatoms. The van der Waals surface area contributed by atoms with E-state index in [1.54, 1.807) is 0 Å². The molecule has 15 heavy (non-hydrogen) atoms. The lowest BCUT2D eigenvalue weighted by atomic mass is 9.98. The molecule has 1 rings (SSSR count). The molecule has 90 valence electrons. The molecule has 1 aliphatic heterocycles. The van der Waals surface area contributed by atoms with Gasteiger partial charge in [-0.25, -0.2) is 0 Å². The SMILES string of the molecule is CC[N+]1(CC)CCC([Si](C)(C)C)C1(C)C. The molecule has 0 N–H and O–H groups in total. The van der Waals surface area contributed by atoms with Gasteiger partial charge in [0.15, 0.2) is 0 Å². The third-order valence-corrected chi connectivity index (χ3v) is 8.26. The lowest BCUT2D eigenvalue weighted by molar-refractivity contribution is -0.957. The maximum absolute atomic E-state index is 2.55. The van der Waals surface area contributed by atoms with E-state index in [4.69, 9.17) is 0 Å². The van der Waals surface area contributed by atoms with Gasteiger partial charge in [-0.05, 0) is 27.7 Å². The highest BCUT2D eigenvalue weighted by molar-refractivity contribution is 6.77. The van der Waals surface area contributed by atoms with Crippen LogP contribution in [0.2, 0.25) is 25.2 Å². The first-order chi connectivity index (χ1) is 6.71. The van der Waals surface area contributed by atoms with Crippen molar-refractivity contribution in [2.75, 3.05) is 19.6 Å². The minimum atomic E-state index is -0.997. The second-order valence-electron chi connectivity index (χ2n) is 6.86. The van der Waals surface area contributed by atoms with Gasteiger partial charge in [0.25, 0.3) is 0 Å². The smallest absolute Gasteiger partial charge is 0.0941 e. The van der Waals surface area contributed by atoms with Gasteiger partial charge in [-0.2, -0.15) is 0 Å². The van der Waals surface area contributed by atoms with Crippen LogP contribution in [-0.4, -0.2) is 37.7 Å². The van der Waals surface area contributed by atoms with E-state index in [1.165, 1.54) is 30.5 Å². The Morgan fingerprint density at radius 3 is 1.80 bits per heavy atom. The van der Waals surface area contributed by atoms with Crippen LogP contribution in [0.15, 0.2) is 0 Å². The fourth-order valence-corrected chi connectivity index (χ4v) is 7.58. The molecule has 0 saturated carbocycles. The number of hydrogen-bond donors (Lipinski definition) is 0. The summed E-state index contributed by atoms with van der Waals surface area (Å²) in [6.07, 6.45) is 1.46. The predicted octanol–water partition coefficient (Wildman–Crippen LogP) is 3.73. The molecular weight excluding hydrogens is 198 g/mol. The zero-order valence-electron chi connectivity index (χ0n) is 11.9. The van der Waals surface area contributed by atoms with E-state index in [2.05, 4.69) is 47.3 Å². The molecule has 0 amide bonds. The van der Waals surface area contributed by atoms with Crippen molar-refractivity contribution < 1.29 is 4.48 Å². The number of likely N-dealkylation sites (tertiary alicyclic amines) is 1. The summed E-state index contributed by atoms with van der Waals surface area (Å²) in [5.41, 5.74) is 1.50. The van der Waals surface area contributed by atoms with Crippen LogP contribution in [0.1, 0.15) is 34.1 Å². The molecule has 0 aromatic rings. The van der Waals surface area contributed by atoms with E-state index in [9.17, 15) is 0 Å². The Morgan fingerprint density at radius 1 is 1.13 bits per heavy atom. The second kappa shape index (κ2) is 3.88. The third-order valence-electron chi connectivity index (χ3n) is 5.18. The van der Waals surface area contributed by atoms with E-state index in [-0.39, 0.29) is 0 Å². The van der Waals surface area contributed by atoms with Crippen molar-refractivity contribution >= 4 is 8.07 Å². The molecule has 1 fully saturated rings. The molecule has 1 aliphatic rings. The molecule has 1 heterocycles. The number of rotatable bonds is 3. The molecule has 1 atom stereocenters. The summed E-state index contributed by atoms with van der Waals surface area (Å²) in [4.78, 5) is 0. The van der Waals surface area contributed by atoms with Crippen molar-refractivity contribution in [3.8, 4) is 0 Å². The normalized spacial score (nSPS) is 29.4. The summed E-state index contributed by atoms with van der Waals surface area (Å²) in [5, 5.41) is 0. The third kappa shape index (κ3) is 1.91. The van der Waals surface area contributed by atoms with Gasteiger partial charge in [0.05, 0.1) is 33.2 Å². The maximum Gasteiger partial charge on any atom is 0.0941 e. The van der Waals surface area contributed by atoms with Crippen molar-refractivity contribution in [1.82, 2.24) is 0 Å². The zero-order valence-corrected chi connectivity index (χ0v) is 12.9. The Bertz CT molecular complexity index is 223. The highest BCUT2D eigenvalue weighted by atomic mass is 28.3. The van der Waals surface area contributed by atoms with Gasteiger partial charge in [0.1, 0.15) is 0 Å². The van der Waals surface area contributed by atoms with Crippen LogP contribution in [0.4, 0.5) is 0 Å².